The Kier molecular flexibility index (Phi) is 6.61. The summed E-state index contributed by atoms with van der Waals surface area (Å²) < 4.78 is 35.0. The normalized spacial score (nSPS) is 18.5. The van der Waals surface area contributed by atoms with Crippen LogP contribution in [0.5, 0.6) is 0 Å². The van der Waals surface area contributed by atoms with Crippen LogP contribution in [-0.4, -0.2) is 73.6 Å². The van der Waals surface area contributed by atoms with Crippen LogP contribution in [0, 0.1) is 11.6 Å². The Hall–Kier alpha value is -2.59. The van der Waals surface area contributed by atoms with Crippen LogP contribution >= 0.6 is 0 Å². The molecule has 0 bridgehead atoms. The maximum Gasteiger partial charge on any atom is 0.410 e. The van der Waals surface area contributed by atoms with Crippen molar-refractivity contribution in [3.63, 3.8) is 0 Å². The second-order valence-electron chi connectivity index (χ2n) is 8.82. The highest BCUT2D eigenvalue weighted by molar-refractivity contribution is 5.68. The van der Waals surface area contributed by atoms with Crippen LogP contribution in [0.1, 0.15) is 33.3 Å². The first kappa shape index (κ1) is 23.1. The van der Waals surface area contributed by atoms with Gasteiger partial charge in [-0.1, -0.05) is 6.07 Å². The van der Waals surface area contributed by atoms with Gasteiger partial charge < -0.3 is 14.7 Å². The number of aliphatic hydroxyl groups is 1. The zero-order valence-corrected chi connectivity index (χ0v) is 18.3. The molecule has 1 N–H and O–H groups in total. The number of benzene rings is 1. The lowest BCUT2D eigenvalue weighted by atomic mass is 9.85. The molecule has 0 saturated carbocycles. The molecular formula is C21H29F2N5O3. The van der Waals surface area contributed by atoms with E-state index in [0.717, 1.165) is 12.1 Å². The molecular weight excluding hydrogens is 408 g/mol. The summed E-state index contributed by atoms with van der Waals surface area (Å²) in [5.74, 6) is -1.55. The number of rotatable bonds is 5. The molecule has 1 amide bonds. The molecule has 1 aliphatic heterocycles. The van der Waals surface area contributed by atoms with E-state index >= 15 is 0 Å². The summed E-state index contributed by atoms with van der Waals surface area (Å²) in [6, 6.07) is 2.58. The van der Waals surface area contributed by atoms with Crippen LogP contribution in [0.3, 0.4) is 0 Å². The highest BCUT2D eigenvalue weighted by Gasteiger charge is 2.43. The van der Waals surface area contributed by atoms with Crippen LogP contribution in [0.4, 0.5) is 13.6 Å². The van der Waals surface area contributed by atoms with Crippen molar-refractivity contribution >= 4 is 6.09 Å². The maximum atomic E-state index is 14.7. The summed E-state index contributed by atoms with van der Waals surface area (Å²) in [4.78, 5) is 19.8. The van der Waals surface area contributed by atoms with Gasteiger partial charge in [0, 0.05) is 43.9 Å². The van der Waals surface area contributed by atoms with E-state index in [0.29, 0.717) is 26.2 Å². The van der Waals surface area contributed by atoms with Crippen molar-refractivity contribution in [1.29, 1.82) is 0 Å². The minimum Gasteiger partial charge on any atom is -0.444 e. The summed E-state index contributed by atoms with van der Waals surface area (Å²) in [5, 5.41) is 15.7. The molecule has 1 aromatic heterocycles. The van der Waals surface area contributed by atoms with Crippen molar-refractivity contribution in [2.45, 2.75) is 51.5 Å². The second kappa shape index (κ2) is 8.88. The van der Waals surface area contributed by atoms with Crippen LogP contribution < -0.4 is 0 Å². The van der Waals surface area contributed by atoms with E-state index < -0.39 is 28.9 Å². The molecule has 31 heavy (non-hydrogen) atoms. The number of carbonyl (C=O) groups is 1. The van der Waals surface area contributed by atoms with Crippen LogP contribution in [0.2, 0.25) is 0 Å². The number of halogens is 2. The van der Waals surface area contributed by atoms with E-state index in [-0.39, 0.29) is 18.2 Å². The number of ether oxygens (including phenoxy) is 1. The number of hydrogen-bond acceptors (Lipinski definition) is 6. The average molecular weight is 437 g/mol. The van der Waals surface area contributed by atoms with Gasteiger partial charge in [0.25, 0.3) is 0 Å². The van der Waals surface area contributed by atoms with Crippen molar-refractivity contribution in [3.8, 4) is 0 Å². The van der Waals surface area contributed by atoms with Gasteiger partial charge in [-0.15, -0.1) is 0 Å². The van der Waals surface area contributed by atoms with Gasteiger partial charge in [-0.2, -0.15) is 5.10 Å². The Bertz CT molecular complexity index is 895. The third-order valence-electron chi connectivity index (χ3n) is 5.47. The number of amides is 1. The van der Waals surface area contributed by atoms with Gasteiger partial charge in [0.2, 0.25) is 0 Å². The molecule has 170 valence electrons. The summed E-state index contributed by atoms with van der Waals surface area (Å²) in [6.07, 6.45) is 2.37. The van der Waals surface area contributed by atoms with Crippen LogP contribution in [0.15, 0.2) is 30.9 Å². The lowest BCUT2D eigenvalue weighted by Crippen LogP contribution is -2.58. The largest absolute Gasteiger partial charge is 0.444 e. The van der Waals surface area contributed by atoms with E-state index in [1.54, 1.807) is 11.8 Å². The number of hydrogen-bond donors (Lipinski definition) is 1. The maximum absolute atomic E-state index is 14.7. The third-order valence-corrected chi connectivity index (χ3v) is 5.47. The van der Waals surface area contributed by atoms with E-state index in [4.69, 9.17) is 4.74 Å². The van der Waals surface area contributed by atoms with Crippen LogP contribution in [0.25, 0.3) is 0 Å². The van der Waals surface area contributed by atoms with Gasteiger partial charge in [0.05, 0.1) is 6.54 Å². The van der Waals surface area contributed by atoms with Crippen molar-refractivity contribution in [2.24, 2.45) is 0 Å². The predicted molar refractivity (Wildman–Crippen MR) is 109 cm³/mol. The summed E-state index contributed by atoms with van der Waals surface area (Å²) in [7, 11) is 0. The SMILES string of the molecule is C[C@@H](N1CCN(C(=O)OC(C)(C)C)CC1)[C@](O)(Cn1cncn1)c1ccc(F)cc1F. The fourth-order valence-electron chi connectivity index (χ4n) is 3.76. The summed E-state index contributed by atoms with van der Waals surface area (Å²) >= 11 is 0. The van der Waals surface area contributed by atoms with Gasteiger partial charge in [-0.25, -0.2) is 23.2 Å². The second-order valence-corrected chi connectivity index (χ2v) is 8.82. The molecule has 1 aromatic carbocycles. The molecule has 10 heteroatoms. The van der Waals surface area contributed by atoms with Gasteiger partial charge >= 0.3 is 6.09 Å². The molecule has 2 heterocycles. The Labute approximate surface area is 180 Å². The summed E-state index contributed by atoms with van der Waals surface area (Å²) in [5.41, 5.74) is -2.31. The van der Waals surface area contributed by atoms with Gasteiger partial charge in [-0.3, -0.25) is 4.90 Å². The lowest BCUT2D eigenvalue weighted by molar-refractivity contribution is -0.0743. The fourth-order valence-corrected chi connectivity index (χ4v) is 3.76. The minimum absolute atomic E-state index is 0.0218. The van der Waals surface area contributed by atoms with E-state index in [1.165, 1.54) is 23.4 Å². The summed E-state index contributed by atoms with van der Waals surface area (Å²) in [6.45, 7) is 8.88. The number of nitrogens with zero attached hydrogens (tertiary/aromatic N) is 5. The van der Waals surface area contributed by atoms with Crippen molar-refractivity contribution < 1.29 is 23.4 Å². The topological polar surface area (TPSA) is 83.7 Å². The monoisotopic (exact) mass is 437 g/mol. The zero-order chi connectivity index (χ0) is 22.8. The van der Waals surface area contributed by atoms with Crippen molar-refractivity contribution in [2.75, 3.05) is 26.2 Å². The first-order chi connectivity index (χ1) is 14.5. The Morgan fingerprint density at radius 2 is 1.90 bits per heavy atom. The molecule has 0 aliphatic carbocycles. The molecule has 0 spiro atoms. The smallest absolute Gasteiger partial charge is 0.410 e. The van der Waals surface area contributed by atoms with E-state index in [9.17, 15) is 18.7 Å². The molecule has 0 unspecified atom stereocenters. The van der Waals surface area contributed by atoms with Crippen LogP contribution in [-0.2, 0) is 16.9 Å². The van der Waals surface area contributed by atoms with Gasteiger partial charge in [0.15, 0.2) is 0 Å². The fraction of sp³-hybridized carbons (Fsp3) is 0.571. The number of piperazine rings is 1. The zero-order valence-electron chi connectivity index (χ0n) is 18.3. The van der Waals surface area contributed by atoms with Crippen molar-refractivity contribution in [3.05, 3.63) is 48.1 Å². The Balaban J connectivity index is 1.79. The Morgan fingerprint density at radius 3 is 2.45 bits per heavy atom. The first-order valence-corrected chi connectivity index (χ1v) is 10.2. The molecule has 2 aromatic rings. The quantitative estimate of drug-likeness (QED) is 0.773. The minimum atomic E-state index is -1.71. The van der Waals surface area contributed by atoms with Crippen molar-refractivity contribution in [1.82, 2.24) is 24.6 Å². The molecule has 1 fully saturated rings. The predicted octanol–water partition coefficient (Wildman–Crippen LogP) is 2.39. The standard InChI is InChI=1S/C21H29F2N5O3/c1-15(26-7-9-27(10-8-26)19(29)31-20(2,3)4)21(30,12-28-14-24-13-25-28)17-6-5-16(22)11-18(17)23/h5-6,11,13-15,30H,7-10,12H2,1-4H3/t15-,21-/m1/s1. The third kappa shape index (κ3) is 5.37. The molecule has 0 radical (unpaired) electrons. The first-order valence-electron chi connectivity index (χ1n) is 10.2. The van der Waals surface area contributed by atoms with E-state index in [2.05, 4.69) is 10.1 Å². The molecule has 1 saturated heterocycles. The van der Waals surface area contributed by atoms with Gasteiger partial charge in [0.1, 0.15) is 35.5 Å². The molecule has 2 atom stereocenters. The highest BCUT2D eigenvalue weighted by Crippen LogP contribution is 2.33. The molecule has 8 nitrogen and oxygen atoms in total. The Morgan fingerprint density at radius 1 is 1.23 bits per heavy atom. The number of aromatic nitrogens is 3. The van der Waals surface area contributed by atoms with E-state index in [1.807, 2.05) is 25.7 Å². The molecule has 1 aliphatic rings. The highest BCUT2D eigenvalue weighted by atomic mass is 19.1. The van der Waals surface area contributed by atoms with Gasteiger partial charge in [-0.05, 0) is 33.8 Å². The molecule has 3 rings (SSSR count). The number of carbonyl (C=O) groups excluding carboxylic acids is 1. The lowest BCUT2D eigenvalue weighted by Gasteiger charge is -2.44. The average Bonchev–Trinajstić information content (AvgIpc) is 3.18.